The number of fused-ring (bicyclic) bond motifs is 1. The third-order valence-corrected chi connectivity index (χ3v) is 2.86. The minimum Gasteiger partial charge on any atom is -0.344 e. The summed E-state index contributed by atoms with van der Waals surface area (Å²) in [5.74, 6) is 1.94. The van der Waals surface area contributed by atoms with Crippen LogP contribution in [0.1, 0.15) is 13.8 Å². The number of nitrogens with zero attached hydrogens (tertiary/aromatic N) is 3. The summed E-state index contributed by atoms with van der Waals surface area (Å²) in [5.41, 5.74) is 0. The highest BCUT2D eigenvalue weighted by atomic mass is 15.5. The maximum Gasteiger partial charge on any atom is 0.196 e. The van der Waals surface area contributed by atoms with E-state index in [1.807, 2.05) is 0 Å². The van der Waals surface area contributed by atoms with Crippen LogP contribution in [0.2, 0.25) is 0 Å². The van der Waals surface area contributed by atoms with Gasteiger partial charge in [-0.15, -0.1) is 0 Å². The second-order valence-electron chi connectivity index (χ2n) is 4.07. The third-order valence-electron chi connectivity index (χ3n) is 2.86. The lowest BCUT2D eigenvalue weighted by molar-refractivity contribution is 0.296. The highest BCUT2D eigenvalue weighted by Gasteiger charge is 2.35. The number of rotatable bonds is 1. The molecule has 2 heterocycles. The van der Waals surface area contributed by atoms with Crippen molar-refractivity contribution in [2.24, 2.45) is 10.9 Å². The summed E-state index contributed by atoms with van der Waals surface area (Å²) in [4.78, 5) is 9.25. The van der Waals surface area contributed by atoms with Gasteiger partial charge in [-0.05, 0) is 5.92 Å². The molecule has 1 atom stereocenters. The van der Waals surface area contributed by atoms with Crippen molar-refractivity contribution >= 4 is 5.96 Å². The summed E-state index contributed by atoms with van der Waals surface area (Å²) < 4.78 is 0. The first kappa shape index (κ1) is 7.90. The summed E-state index contributed by atoms with van der Waals surface area (Å²) >= 11 is 0. The second-order valence-corrected chi connectivity index (χ2v) is 4.07. The van der Waals surface area contributed by atoms with E-state index in [0.29, 0.717) is 6.04 Å². The summed E-state index contributed by atoms with van der Waals surface area (Å²) in [7, 11) is 2.13. The van der Waals surface area contributed by atoms with Crippen LogP contribution < -0.4 is 0 Å². The zero-order valence-electron chi connectivity index (χ0n) is 8.12. The zero-order chi connectivity index (χ0) is 8.72. The molecule has 0 bridgehead atoms. The van der Waals surface area contributed by atoms with Crippen molar-refractivity contribution in [3.05, 3.63) is 0 Å². The Morgan fingerprint density at radius 3 is 2.83 bits per heavy atom. The molecule has 0 aromatic rings. The van der Waals surface area contributed by atoms with E-state index >= 15 is 0 Å². The predicted octanol–water partition coefficient (Wildman–Crippen LogP) is 0.628. The van der Waals surface area contributed by atoms with Crippen LogP contribution in [0.3, 0.4) is 0 Å². The first-order valence-electron chi connectivity index (χ1n) is 4.72. The fraction of sp³-hybridized carbons (Fsp3) is 0.889. The molecule has 0 amide bonds. The van der Waals surface area contributed by atoms with Crippen LogP contribution in [0.25, 0.3) is 0 Å². The minimum absolute atomic E-state index is 0.657. The molecular formula is C9H17N3. The molecule has 0 aromatic heterocycles. The fourth-order valence-electron chi connectivity index (χ4n) is 2.05. The standard InChI is InChI=1S/C9H17N3/c1-7(2)8-6-10-9-11(3)4-5-12(8)9/h7-8H,4-6H2,1-3H3/t8-/m1/s1. The molecule has 3 nitrogen and oxygen atoms in total. The van der Waals surface area contributed by atoms with Gasteiger partial charge in [0.2, 0.25) is 0 Å². The molecule has 0 unspecified atom stereocenters. The maximum absolute atomic E-state index is 4.55. The van der Waals surface area contributed by atoms with Crippen molar-refractivity contribution in [3.63, 3.8) is 0 Å². The number of guanidine groups is 1. The van der Waals surface area contributed by atoms with E-state index in [0.717, 1.165) is 25.6 Å². The van der Waals surface area contributed by atoms with Crippen molar-refractivity contribution in [1.29, 1.82) is 0 Å². The Morgan fingerprint density at radius 1 is 1.42 bits per heavy atom. The van der Waals surface area contributed by atoms with Gasteiger partial charge in [0.25, 0.3) is 0 Å². The van der Waals surface area contributed by atoms with Gasteiger partial charge in [-0.25, -0.2) is 0 Å². The van der Waals surface area contributed by atoms with Gasteiger partial charge in [0.05, 0.1) is 12.6 Å². The van der Waals surface area contributed by atoms with Gasteiger partial charge in [0.15, 0.2) is 5.96 Å². The van der Waals surface area contributed by atoms with Crippen LogP contribution in [-0.4, -0.2) is 48.5 Å². The zero-order valence-corrected chi connectivity index (χ0v) is 8.12. The van der Waals surface area contributed by atoms with Crippen LogP contribution in [0.5, 0.6) is 0 Å². The van der Waals surface area contributed by atoms with Crippen molar-refractivity contribution in [2.45, 2.75) is 19.9 Å². The summed E-state index contributed by atoms with van der Waals surface area (Å²) in [6.45, 7) is 7.86. The lowest BCUT2D eigenvalue weighted by Crippen LogP contribution is -2.38. The quantitative estimate of drug-likeness (QED) is 0.570. The van der Waals surface area contributed by atoms with E-state index in [1.54, 1.807) is 0 Å². The van der Waals surface area contributed by atoms with E-state index in [4.69, 9.17) is 0 Å². The topological polar surface area (TPSA) is 18.8 Å². The van der Waals surface area contributed by atoms with E-state index in [2.05, 4.69) is 35.7 Å². The molecule has 0 radical (unpaired) electrons. The van der Waals surface area contributed by atoms with Gasteiger partial charge in [-0.1, -0.05) is 13.8 Å². The molecule has 2 aliphatic rings. The first-order chi connectivity index (χ1) is 5.70. The molecular weight excluding hydrogens is 150 g/mol. The smallest absolute Gasteiger partial charge is 0.196 e. The van der Waals surface area contributed by atoms with E-state index in [9.17, 15) is 0 Å². The Labute approximate surface area is 74.1 Å². The summed E-state index contributed by atoms with van der Waals surface area (Å²) in [6.07, 6.45) is 0. The molecule has 0 saturated carbocycles. The number of likely N-dealkylation sites (N-methyl/N-ethyl adjacent to an activating group) is 1. The Kier molecular flexibility index (Phi) is 1.74. The summed E-state index contributed by atoms with van der Waals surface area (Å²) in [6, 6.07) is 0.657. The second kappa shape index (κ2) is 2.64. The van der Waals surface area contributed by atoms with Crippen LogP contribution in [0, 0.1) is 5.92 Å². The maximum atomic E-state index is 4.55. The van der Waals surface area contributed by atoms with Crippen molar-refractivity contribution < 1.29 is 0 Å². The van der Waals surface area contributed by atoms with E-state index in [-0.39, 0.29) is 0 Å². The fourth-order valence-corrected chi connectivity index (χ4v) is 2.05. The van der Waals surface area contributed by atoms with Crippen LogP contribution in [-0.2, 0) is 0 Å². The van der Waals surface area contributed by atoms with E-state index in [1.165, 1.54) is 5.96 Å². The average molecular weight is 167 g/mol. The molecule has 1 fully saturated rings. The molecule has 2 rings (SSSR count). The summed E-state index contributed by atoms with van der Waals surface area (Å²) in [5, 5.41) is 0. The first-order valence-corrected chi connectivity index (χ1v) is 4.72. The minimum atomic E-state index is 0.657. The lowest BCUT2D eigenvalue weighted by Gasteiger charge is -2.25. The monoisotopic (exact) mass is 167 g/mol. The van der Waals surface area contributed by atoms with E-state index < -0.39 is 0 Å². The van der Waals surface area contributed by atoms with Crippen LogP contribution in [0.4, 0.5) is 0 Å². The average Bonchev–Trinajstić information content (AvgIpc) is 2.53. The molecule has 12 heavy (non-hydrogen) atoms. The normalized spacial score (nSPS) is 28.3. The Bertz CT molecular complexity index is 210. The molecule has 1 saturated heterocycles. The number of hydrogen-bond donors (Lipinski definition) is 0. The van der Waals surface area contributed by atoms with Crippen molar-refractivity contribution in [1.82, 2.24) is 9.80 Å². The largest absolute Gasteiger partial charge is 0.344 e. The highest BCUT2D eigenvalue weighted by Crippen LogP contribution is 2.22. The Morgan fingerprint density at radius 2 is 2.17 bits per heavy atom. The molecule has 0 aromatic carbocycles. The van der Waals surface area contributed by atoms with Crippen molar-refractivity contribution in [2.75, 3.05) is 26.7 Å². The van der Waals surface area contributed by atoms with Gasteiger partial charge in [0.1, 0.15) is 0 Å². The highest BCUT2D eigenvalue weighted by molar-refractivity contribution is 5.83. The number of hydrogen-bond acceptors (Lipinski definition) is 3. The Hall–Kier alpha value is -0.730. The predicted molar refractivity (Wildman–Crippen MR) is 50.3 cm³/mol. The molecule has 0 aliphatic carbocycles. The van der Waals surface area contributed by atoms with Gasteiger partial charge in [0, 0.05) is 20.1 Å². The van der Waals surface area contributed by atoms with Gasteiger partial charge >= 0.3 is 0 Å². The third kappa shape index (κ3) is 0.993. The molecule has 3 heteroatoms. The van der Waals surface area contributed by atoms with Crippen molar-refractivity contribution in [3.8, 4) is 0 Å². The van der Waals surface area contributed by atoms with Gasteiger partial charge in [-0.2, -0.15) is 0 Å². The van der Waals surface area contributed by atoms with Gasteiger partial charge in [-0.3, -0.25) is 4.99 Å². The Balaban J connectivity index is 2.12. The number of aliphatic imine (C=N–C) groups is 1. The molecule has 0 spiro atoms. The SMILES string of the molecule is CC(C)[C@H]1CN=C2N(C)CCN21. The lowest BCUT2D eigenvalue weighted by atomic mass is 10.0. The molecule has 2 aliphatic heterocycles. The molecule has 0 N–H and O–H groups in total. The van der Waals surface area contributed by atoms with Crippen LogP contribution >= 0.6 is 0 Å². The van der Waals surface area contributed by atoms with Gasteiger partial charge < -0.3 is 9.80 Å². The molecule has 68 valence electrons. The van der Waals surface area contributed by atoms with Crippen LogP contribution in [0.15, 0.2) is 4.99 Å².